The molecule has 142 valence electrons. The monoisotopic (exact) mass is 389 g/mol. The molecule has 3 N–H and O–H groups in total. The van der Waals surface area contributed by atoms with Gasteiger partial charge in [-0.3, -0.25) is 0 Å². The van der Waals surface area contributed by atoms with Gasteiger partial charge in [-0.1, -0.05) is 0 Å². The number of nitrogens with one attached hydrogen (secondary N) is 2. The Balaban J connectivity index is 1.79. The Labute approximate surface area is 157 Å². The molecule has 1 saturated carbocycles. The van der Waals surface area contributed by atoms with Gasteiger partial charge in [0.1, 0.15) is 17.7 Å². The number of ether oxygens (including phenoxy) is 1. The molecule has 0 saturated heterocycles. The van der Waals surface area contributed by atoms with E-state index in [-0.39, 0.29) is 22.3 Å². The molecule has 10 heteroatoms. The van der Waals surface area contributed by atoms with Crippen molar-refractivity contribution in [1.82, 2.24) is 14.7 Å². The van der Waals surface area contributed by atoms with E-state index in [1.165, 1.54) is 25.4 Å². The van der Waals surface area contributed by atoms with Crippen LogP contribution in [0.2, 0.25) is 0 Å². The molecule has 27 heavy (non-hydrogen) atoms. The lowest BCUT2D eigenvalue weighted by Gasteiger charge is -2.17. The number of sulfonamides is 1. The van der Waals surface area contributed by atoms with Gasteiger partial charge in [0, 0.05) is 5.69 Å². The third-order valence-corrected chi connectivity index (χ3v) is 5.67. The van der Waals surface area contributed by atoms with Crippen molar-refractivity contribution in [2.75, 3.05) is 12.4 Å². The van der Waals surface area contributed by atoms with Crippen molar-refractivity contribution < 1.29 is 18.3 Å². The van der Waals surface area contributed by atoms with Gasteiger partial charge in [0.15, 0.2) is 0 Å². The summed E-state index contributed by atoms with van der Waals surface area (Å²) in [5, 5.41) is 22.1. The smallest absolute Gasteiger partial charge is 0.240 e. The van der Waals surface area contributed by atoms with E-state index < -0.39 is 22.2 Å². The van der Waals surface area contributed by atoms with Crippen LogP contribution in [0.1, 0.15) is 24.8 Å². The second kappa shape index (κ2) is 7.87. The highest BCUT2D eigenvalue weighted by Crippen LogP contribution is 2.26. The zero-order valence-corrected chi connectivity index (χ0v) is 15.4. The first-order valence-electron chi connectivity index (χ1n) is 8.35. The topological polar surface area (TPSA) is 137 Å². The molecular weight excluding hydrogens is 370 g/mol. The summed E-state index contributed by atoms with van der Waals surface area (Å²) < 4.78 is 31.5. The number of nitrogens with zero attached hydrogens (tertiary/aromatic N) is 3. The third kappa shape index (κ3) is 4.33. The molecule has 1 aliphatic rings. The highest BCUT2D eigenvalue weighted by Gasteiger charge is 2.28. The molecule has 1 heterocycles. The average Bonchev–Trinajstić information content (AvgIpc) is 3.07. The van der Waals surface area contributed by atoms with Crippen molar-refractivity contribution in [3.05, 3.63) is 36.0 Å². The molecule has 0 amide bonds. The Morgan fingerprint density at radius 3 is 2.63 bits per heavy atom. The van der Waals surface area contributed by atoms with E-state index in [0.717, 1.165) is 6.42 Å². The van der Waals surface area contributed by atoms with Crippen molar-refractivity contribution in [2.24, 2.45) is 0 Å². The minimum Gasteiger partial charge on any atom is -0.471 e. The number of anilines is 2. The molecule has 1 aromatic heterocycles. The largest absolute Gasteiger partial charge is 0.471 e. The summed E-state index contributed by atoms with van der Waals surface area (Å²) in [6.07, 6.45) is 2.57. The zero-order chi connectivity index (χ0) is 19.4. The van der Waals surface area contributed by atoms with Gasteiger partial charge >= 0.3 is 0 Å². The van der Waals surface area contributed by atoms with Crippen molar-refractivity contribution in [2.45, 2.75) is 36.4 Å². The van der Waals surface area contributed by atoms with Gasteiger partial charge in [-0.15, -0.1) is 0 Å². The van der Waals surface area contributed by atoms with E-state index in [1.807, 2.05) is 6.07 Å². The molecule has 9 nitrogen and oxygen atoms in total. The molecule has 2 atom stereocenters. The van der Waals surface area contributed by atoms with Crippen LogP contribution >= 0.6 is 0 Å². The lowest BCUT2D eigenvalue weighted by Crippen LogP contribution is -2.26. The lowest BCUT2D eigenvalue weighted by atomic mass is 10.2. The van der Waals surface area contributed by atoms with Gasteiger partial charge in [0.2, 0.25) is 21.9 Å². The molecule has 1 aliphatic carbocycles. The average molecular weight is 389 g/mol. The minimum atomic E-state index is -3.51. The molecule has 3 rings (SSSR count). The fourth-order valence-electron chi connectivity index (χ4n) is 2.74. The number of rotatable bonds is 6. The van der Waals surface area contributed by atoms with Crippen LogP contribution in [0.25, 0.3) is 0 Å². The number of hydrogen-bond acceptors (Lipinski definition) is 8. The first-order valence-corrected chi connectivity index (χ1v) is 9.84. The Kier molecular flexibility index (Phi) is 5.55. The Morgan fingerprint density at radius 1 is 1.30 bits per heavy atom. The number of aromatic nitrogens is 2. The van der Waals surface area contributed by atoms with Crippen LogP contribution < -0.4 is 14.8 Å². The van der Waals surface area contributed by atoms with E-state index in [0.29, 0.717) is 18.5 Å². The summed E-state index contributed by atoms with van der Waals surface area (Å²) >= 11 is 0. The molecule has 0 bridgehead atoms. The first kappa shape index (κ1) is 19.0. The maximum Gasteiger partial charge on any atom is 0.240 e. The minimum absolute atomic E-state index is 0.107. The zero-order valence-electron chi connectivity index (χ0n) is 14.6. The maximum atomic E-state index is 11.8. The summed E-state index contributed by atoms with van der Waals surface area (Å²) in [4.78, 5) is 8.42. The Morgan fingerprint density at radius 2 is 2.04 bits per heavy atom. The van der Waals surface area contributed by atoms with Crippen molar-refractivity contribution in [1.29, 1.82) is 5.26 Å². The highest BCUT2D eigenvalue weighted by molar-refractivity contribution is 7.89. The normalized spacial score (nSPS) is 19.4. The Hall–Kier alpha value is -2.74. The summed E-state index contributed by atoms with van der Waals surface area (Å²) in [7, 11) is -2.17. The summed E-state index contributed by atoms with van der Waals surface area (Å²) in [5.74, 6) is 0.302. The van der Waals surface area contributed by atoms with Crippen LogP contribution in [0, 0.1) is 11.3 Å². The molecule has 1 aromatic carbocycles. The lowest BCUT2D eigenvalue weighted by molar-refractivity contribution is 0.0572. The second-order valence-electron chi connectivity index (χ2n) is 6.04. The van der Waals surface area contributed by atoms with Crippen molar-refractivity contribution >= 4 is 21.7 Å². The predicted molar refractivity (Wildman–Crippen MR) is 97.0 cm³/mol. The molecule has 2 aromatic rings. The van der Waals surface area contributed by atoms with E-state index in [9.17, 15) is 18.8 Å². The fraction of sp³-hybridized carbons (Fsp3) is 0.353. The van der Waals surface area contributed by atoms with Crippen LogP contribution in [0.15, 0.2) is 35.4 Å². The number of aliphatic hydroxyl groups excluding tert-OH is 1. The van der Waals surface area contributed by atoms with Gasteiger partial charge in [0.05, 0.1) is 17.2 Å². The summed E-state index contributed by atoms with van der Waals surface area (Å²) in [6, 6.07) is 8.02. The van der Waals surface area contributed by atoms with Gasteiger partial charge in [-0.05, 0) is 50.6 Å². The van der Waals surface area contributed by atoms with E-state index in [4.69, 9.17) is 4.74 Å². The van der Waals surface area contributed by atoms with E-state index in [2.05, 4.69) is 20.0 Å². The quantitative estimate of drug-likeness (QED) is 0.672. The van der Waals surface area contributed by atoms with Gasteiger partial charge in [0.25, 0.3) is 0 Å². The molecule has 0 radical (unpaired) electrons. The summed E-state index contributed by atoms with van der Waals surface area (Å²) in [6.45, 7) is 0. The SMILES string of the molecule is CNS(=O)(=O)c1ccc(Nc2ncc(C#N)c(O[C@H]3CCC[C@H]3O)n2)cc1. The van der Waals surface area contributed by atoms with E-state index >= 15 is 0 Å². The number of hydrogen-bond donors (Lipinski definition) is 3. The maximum absolute atomic E-state index is 11.8. The molecule has 0 spiro atoms. The number of aliphatic hydroxyl groups is 1. The van der Waals surface area contributed by atoms with Crippen LogP contribution in [0.4, 0.5) is 11.6 Å². The number of nitriles is 1. The van der Waals surface area contributed by atoms with Gasteiger partial charge in [-0.25, -0.2) is 18.1 Å². The molecule has 0 unspecified atom stereocenters. The number of benzene rings is 1. The highest BCUT2D eigenvalue weighted by atomic mass is 32.2. The fourth-order valence-corrected chi connectivity index (χ4v) is 3.47. The van der Waals surface area contributed by atoms with Gasteiger partial charge < -0.3 is 15.2 Å². The van der Waals surface area contributed by atoms with Crippen LogP contribution in [-0.2, 0) is 10.0 Å². The predicted octanol–water partition coefficient (Wildman–Crippen LogP) is 1.29. The van der Waals surface area contributed by atoms with Crippen molar-refractivity contribution in [3.63, 3.8) is 0 Å². The van der Waals surface area contributed by atoms with Crippen LogP contribution in [0.3, 0.4) is 0 Å². The van der Waals surface area contributed by atoms with E-state index in [1.54, 1.807) is 12.1 Å². The second-order valence-corrected chi connectivity index (χ2v) is 7.92. The third-order valence-electron chi connectivity index (χ3n) is 4.24. The molecule has 0 aliphatic heterocycles. The standard InChI is InChI=1S/C17H19N5O4S/c1-19-27(24,25)13-7-5-12(6-8-13)21-17-20-10-11(9-18)16(22-17)26-15-4-2-3-14(15)23/h5-8,10,14-15,19,23H,2-4H2,1H3,(H,20,21,22)/t14-,15+/m1/s1. The first-order chi connectivity index (χ1) is 12.9. The molecular formula is C17H19N5O4S. The van der Waals surface area contributed by atoms with Gasteiger partial charge in [-0.2, -0.15) is 10.2 Å². The van der Waals surface area contributed by atoms with Crippen LogP contribution in [-0.4, -0.2) is 42.7 Å². The molecule has 1 fully saturated rings. The van der Waals surface area contributed by atoms with Crippen molar-refractivity contribution in [3.8, 4) is 11.9 Å². The summed E-state index contributed by atoms with van der Waals surface area (Å²) in [5.41, 5.74) is 0.747. The van der Waals surface area contributed by atoms with Crippen LogP contribution in [0.5, 0.6) is 5.88 Å². The Bertz CT molecular complexity index is 956.